The predicted molar refractivity (Wildman–Crippen MR) is 64.7 cm³/mol. The second-order valence-electron chi connectivity index (χ2n) is 3.61. The van der Waals surface area contributed by atoms with Gasteiger partial charge in [0.1, 0.15) is 0 Å². The van der Waals surface area contributed by atoms with Gasteiger partial charge < -0.3 is 5.32 Å². The Morgan fingerprint density at radius 2 is 2.12 bits per heavy atom. The van der Waals surface area contributed by atoms with Crippen molar-refractivity contribution in [1.29, 1.82) is 0 Å². The largest absolute Gasteiger partial charge is 0.355 e. The first-order valence-corrected chi connectivity index (χ1v) is 5.36. The maximum Gasteiger partial charge on any atom is 0.252 e. The van der Waals surface area contributed by atoms with E-state index in [0.717, 1.165) is 11.3 Å². The van der Waals surface area contributed by atoms with Crippen LogP contribution in [0.4, 0.5) is 0 Å². The third-order valence-electron chi connectivity index (χ3n) is 2.46. The Labute approximate surface area is 99.7 Å². The molecular formula is C13H13N3O. The Bertz CT molecular complexity index is 511. The molecule has 0 aliphatic rings. The van der Waals surface area contributed by atoms with Gasteiger partial charge in [0, 0.05) is 32.1 Å². The van der Waals surface area contributed by atoms with E-state index in [0.29, 0.717) is 12.0 Å². The molecule has 1 N–H and O–H groups in total. The summed E-state index contributed by atoms with van der Waals surface area (Å²) in [5.74, 6) is -0.114. The molecule has 0 atom stereocenters. The monoisotopic (exact) mass is 227 g/mol. The standard InChI is InChI=1S/C13H13N3O/c1-14-13(17)11-5-3-7-16-12(11)8-10-4-2-6-15-9-10/h2-7,9H,8H2,1H3,(H,14,17). The van der Waals surface area contributed by atoms with Gasteiger partial charge in [0.2, 0.25) is 0 Å². The number of rotatable bonds is 3. The minimum atomic E-state index is -0.114. The molecule has 2 rings (SSSR count). The molecule has 1 amide bonds. The van der Waals surface area contributed by atoms with Crippen LogP contribution in [0, 0.1) is 0 Å². The number of hydrogen-bond acceptors (Lipinski definition) is 3. The number of nitrogens with one attached hydrogen (secondary N) is 1. The van der Waals surface area contributed by atoms with Gasteiger partial charge in [-0.25, -0.2) is 0 Å². The molecule has 4 heteroatoms. The molecule has 0 saturated heterocycles. The average Bonchev–Trinajstić information content (AvgIpc) is 2.40. The van der Waals surface area contributed by atoms with Crippen molar-refractivity contribution in [3.63, 3.8) is 0 Å². The SMILES string of the molecule is CNC(=O)c1cccnc1Cc1cccnc1. The van der Waals surface area contributed by atoms with Crippen LogP contribution in [0.3, 0.4) is 0 Å². The summed E-state index contributed by atoms with van der Waals surface area (Å²) in [6, 6.07) is 7.38. The van der Waals surface area contributed by atoms with Gasteiger partial charge in [0.05, 0.1) is 11.3 Å². The van der Waals surface area contributed by atoms with E-state index in [4.69, 9.17) is 0 Å². The van der Waals surface area contributed by atoms with Crippen molar-refractivity contribution >= 4 is 5.91 Å². The van der Waals surface area contributed by atoms with Gasteiger partial charge in [0.15, 0.2) is 0 Å². The normalized spacial score (nSPS) is 9.94. The molecule has 86 valence electrons. The predicted octanol–water partition coefficient (Wildman–Crippen LogP) is 1.43. The second kappa shape index (κ2) is 5.21. The maximum atomic E-state index is 11.7. The Hall–Kier alpha value is -2.23. The van der Waals surface area contributed by atoms with Gasteiger partial charge in [-0.2, -0.15) is 0 Å². The molecule has 0 bridgehead atoms. The molecule has 0 fully saturated rings. The molecule has 0 aliphatic heterocycles. The van der Waals surface area contributed by atoms with Crippen molar-refractivity contribution in [3.05, 3.63) is 59.7 Å². The Kier molecular flexibility index (Phi) is 3.45. The summed E-state index contributed by atoms with van der Waals surface area (Å²) in [5.41, 5.74) is 2.41. The van der Waals surface area contributed by atoms with Gasteiger partial charge in [-0.3, -0.25) is 14.8 Å². The molecule has 2 aromatic rings. The molecule has 4 nitrogen and oxygen atoms in total. The summed E-state index contributed by atoms with van der Waals surface area (Å²) in [5, 5.41) is 2.61. The summed E-state index contributed by atoms with van der Waals surface area (Å²) in [6.07, 6.45) is 5.81. The quantitative estimate of drug-likeness (QED) is 0.863. The highest BCUT2D eigenvalue weighted by molar-refractivity contribution is 5.95. The van der Waals surface area contributed by atoms with Crippen LogP contribution in [0.25, 0.3) is 0 Å². The molecule has 0 aliphatic carbocycles. The van der Waals surface area contributed by atoms with E-state index in [2.05, 4.69) is 15.3 Å². The number of amides is 1. The van der Waals surface area contributed by atoms with Gasteiger partial charge >= 0.3 is 0 Å². The highest BCUT2D eigenvalue weighted by atomic mass is 16.1. The summed E-state index contributed by atoms with van der Waals surface area (Å²) in [6.45, 7) is 0. The fourth-order valence-electron chi connectivity index (χ4n) is 1.62. The highest BCUT2D eigenvalue weighted by Gasteiger charge is 2.10. The summed E-state index contributed by atoms with van der Waals surface area (Å²) >= 11 is 0. The lowest BCUT2D eigenvalue weighted by molar-refractivity contribution is 0.0962. The van der Waals surface area contributed by atoms with E-state index in [9.17, 15) is 4.79 Å². The first-order chi connectivity index (χ1) is 8.31. The lowest BCUT2D eigenvalue weighted by Crippen LogP contribution is -2.20. The number of aromatic nitrogens is 2. The molecule has 0 spiro atoms. The molecule has 0 unspecified atom stereocenters. The third kappa shape index (κ3) is 2.66. The zero-order valence-electron chi connectivity index (χ0n) is 9.55. The van der Waals surface area contributed by atoms with E-state index >= 15 is 0 Å². The van der Waals surface area contributed by atoms with Crippen LogP contribution in [0.2, 0.25) is 0 Å². The average molecular weight is 227 g/mol. The molecular weight excluding hydrogens is 214 g/mol. The molecule has 17 heavy (non-hydrogen) atoms. The van der Waals surface area contributed by atoms with Crippen LogP contribution in [0.1, 0.15) is 21.6 Å². The smallest absolute Gasteiger partial charge is 0.252 e. The topological polar surface area (TPSA) is 54.9 Å². The first kappa shape index (κ1) is 11.3. The van der Waals surface area contributed by atoms with Crippen molar-refractivity contribution in [1.82, 2.24) is 15.3 Å². The minimum Gasteiger partial charge on any atom is -0.355 e. The van der Waals surface area contributed by atoms with Crippen LogP contribution >= 0.6 is 0 Å². The Balaban J connectivity index is 2.30. The molecule has 0 radical (unpaired) electrons. The van der Waals surface area contributed by atoms with Crippen LogP contribution in [0.5, 0.6) is 0 Å². The zero-order chi connectivity index (χ0) is 12.1. The van der Waals surface area contributed by atoms with Gasteiger partial charge in [-0.1, -0.05) is 6.07 Å². The molecule has 2 heterocycles. The van der Waals surface area contributed by atoms with E-state index in [1.54, 1.807) is 37.8 Å². The maximum absolute atomic E-state index is 11.7. The number of nitrogens with zero attached hydrogens (tertiary/aromatic N) is 2. The van der Waals surface area contributed by atoms with Gasteiger partial charge in [-0.15, -0.1) is 0 Å². The van der Waals surface area contributed by atoms with E-state index in [-0.39, 0.29) is 5.91 Å². The molecule has 0 aromatic carbocycles. The van der Waals surface area contributed by atoms with E-state index in [1.165, 1.54) is 0 Å². The fourth-order valence-corrected chi connectivity index (χ4v) is 1.62. The summed E-state index contributed by atoms with van der Waals surface area (Å²) in [4.78, 5) is 20.0. The number of hydrogen-bond donors (Lipinski definition) is 1. The summed E-state index contributed by atoms with van der Waals surface area (Å²) < 4.78 is 0. The van der Waals surface area contributed by atoms with Crippen molar-refractivity contribution in [3.8, 4) is 0 Å². The Morgan fingerprint density at radius 3 is 2.82 bits per heavy atom. The lowest BCUT2D eigenvalue weighted by Gasteiger charge is -2.06. The molecule has 0 saturated carbocycles. The van der Waals surface area contributed by atoms with Crippen molar-refractivity contribution in [2.45, 2.75) is 6.42 Å². The van der Waals surface area contributed by atoms with Crippen molar-refractivity contribution in [2.24, 2.45) is 0 Å². The van der Waals surface area contributed by atoms with E-state index in [1.807, 2.05) is 12.1 Å². The van der Waals surface area contributed by atoms with E-state index < -0.39 is 0 Å². The third-order valence-corrected chi connectivity index (χ3v) is 2.46. The lowest BCUT2D eigenvalue weighted by atomic mass is 10.1. The van der Waals surface area contributed by atoms with Crippen molar-refractivity contribution in [2.75, 3.05) is 7.05 Å². The second-order valence-corrected chi connectivity index (χ2v) is 3.61. The van der Waals surface area contributed by atoms with Crippen LogP contribution < -0.4 is 5.32 Å². The number of pyridine rings is 2. The highest BCUT2D eigenvalue weighted by Crippen LogP contribution is 2.10. The minimum absolute atomic E-state index is 0.114. The van der Waals surface area contributed by atoms with Crippen LogP contribution in [0.15, 0.2) is 42.9 Å². The Morgan fingerprint density at radius 1 is 1.29 bits per heavy atom. The number of carbonyl (C=O) groups excluding carboxylic acids is 1. The van der Waals surface area contributed by atoms with Crippen molar-refractivity contribution < 1.29 is 4.79 Å². The summed E-state index contributed by atoms with van der Waals surface area (Å²) in [7, 11) is 1.61. The van der Waals surface area contributed by atoms with Gasteiger partial charge in [0.25, 0.3) is 5.91 Å². The first-order valence-electron chi connectivity index (χ1n) is 5.36. The number of carbonyl (C=O) groups is 1. The molecule has 2 aromatic heterocycles. The van der Waals surface area contributed by atoms with Crippen LogP contribution in [-0.2, 0) is 6.42 Å². The zero-order valence-corrected chi connectivity index (χ0v) is 9.55. The fraction of sp³-hybridized carbons (Fsp3) is 0.154. The van der Waals surface area contributed by atoms with Gasteiger partial charge in [-0.05, 0) is 23.8 Å². The van der Waals surface area contributed by atoms with Crippen LogP contribution in [-0.4, -0.2) is 22.9 Å².